The van der Waals surface area contributed by atoms with E-state index in [-0.39, 0.29) is 5.92 Å². The maximum atomic E-state index is 11.6. The summed E-state index contributed by atoms with van der Waals surface area (Å²) >= 11 is 0. The zero-order chi connectivity index (χ0) is 10.6. The Morgan fingerprint density at radius 1 is 0.923 bits per heavy atom. The van der Waals surface area contributed by atoms with Gasteiger partial charge >= 0.3 is 0 Å². The second kappa shape index (κ2) is 5.41. The predicted molar refractivity (Wildman–Crippen MR) is 57.6 cm³/mol. The van der Waals surface area contributed by atoms with Gasteiger partial charge in [0.2, 0.25) is 0 Å². The third-order valence-corrected chi connectivity index (χ3v) is 2.79. The van der Waals surface area contributed by atoms with Crippen molar-refractivity contribution in [2.45, 2.75) is 48.0 Å². The maximum Gasteiger partial charge on any atom is 0.135 e. The highest BCUT2D eigenvalue weighted by molar-refractivity contribution is 5.80. The van der Waals surface area contributed by atoms with Crippen molar-refractivity contribution < 1.29 is 4.79 Å². The third kappa shape index (κ3) is 4.44. The number of hydrogen-bond donors (Lipinski definition) is 0. The summed E-state index contributed by atoms with van der Waals surface area (Å²) in [5.74, 6) is 2.38. The highest BCUT2D eigenvalue weighted by Gasteiger charge is 2.21. The van der Waals surface area contributed by atoms with E-state index in [1.807, 2.05) is 13.8 Å². The first-order valence-corrected chi connectivity index (χ1v) is 5.39. The van der Waals surface area contributed by atoms with Gasteiger partial charge in [0, 0.05) is 12.3 Å². The molecule has 0 aromatic heterocycles. The fourth-order valence-electron chi connectivity index (χ4n) is 1.71. The van der Waals surface area contributed by atoms with Crippen LogP contribution in [0.1, 0.15) is 48.0 Å². The molecule has 0 aliphatic heterocycles. The van der Waals surface area contributed by atoms with Crippen molar-refractivity contribution in [3.8, 4) is 0 Å². The number of Topliss-reactive ketones (excluding diaryl/α,β-unsaturated/α-hetero) is 1. The van der Waals surface area contributed by atoms with E-state index >= 15 is 0 Å². The van der Waals surface area contributed by atoms with E-state index < -0.39 is 0 Å². The molecule has 1 nitrogen and oxygen atoms in total. The molecule has 0 amide bonds. The van der Waals surface area contributed by atoms with Crippen LogP contribution in [0.2, 0.25) is 0 Å². The molecule has 0 spiro atoms. The van der Waals surface area contributed by atoms with Gasteiger partial charge in [-0.2, -0.15) is 0 Å². The minimum atomic E-state index is 0.194. The molecule has 0 atom stereocenters. The Kier molecular flexibility index (Phi) is 5.27. The normalized spacial score (nSPS) is 12.2. The summed E-state index contributed by atoms with van der Waals surface area (Å²) in [6.07, 6.45) is 0.757. The van der Waals surface area contributed by atoms with Crippen molar-refractivity contribution in [2.24, 2.45) is 23.7 Å². The van der Waals surface area contributed by atoms with Gasteiger partial charge in [-0.15, -0.1) is 0 Å². The quantitative estimate of drug-likeness (QED) is 0.639. The molecule has 0 aromatic carbocycles. The minimum absolute atomic E-state index is 0.194. The van der Waals surface area contributed by atoms with Crippen LogP contribution in [-0.2, 0) is 4.79 Å². The standard InChI is InChI=1S/C12H24O/c1-8(2)11(9(3)4)7-12(13)10(5)6/h8-11H,7H2,1-6H3. The average molecular weight is 184 g/mol. The Morgan fingerprint density at radius 3 is 1.54 bits per heavy atom. The summed E-state index contributed by atoms with van der Waals surface area (Å²) in [5.41, 5.74) is 0. The highest BCUT2D eigenvalue weighted by Crippen LogP contribution is 2.25. The molecule has 0 rings (SSSR count). The molecule has 78 valence electrons. The van der Waals surface area contributed by atoms with Crippen LogP contribution in [0.3, 0.4) is 0 Å². The smallest absolute Gasteiger partial charge is 0.135 e. The van der Waals surface area contributed by atoms with Gasteiger partial charge in [0.05, 0.1) is 0 Å². The molecule has 13 heavy (non-hydrogen) atoms. The number of carbonyl (C=O) groups excluding carboxylic acids is 1. The van der Waals surface area contributed by atoms with Crippen LogP contribution in [0.15, 0.2) is 0 Å². The van der Waals surface area contributed by atoms with Crippen LogP contribution < -0.4 is 0 Å². The molecule has 0 fully saturated rings. The Hall–Kier alpha value is -0.330. The maximum absolute atomic E-state index is 11.6. The van der Waals surface area contributed by atoms with Gasteiger partial charge in [-0.1, -0.05) is 41.5 Å². The van der Waals surface area contributed by atoms with E-state index in [1.165, 1.54) is 0 Å². The Labute approximate surface area is 82.9 Å². The van der Waals surface area contributed by atoms with Gasteiger partial charge in [-0.3, -0.25) is 4.79 Å². The van der Waals surface area contributed by atoms with Gasteiger partial charge in [-0.05, 0) is 17.8 Å². The lowest BCUT2D eigenvalue weighted by Crippen LogP contribution is -2.21. The summed E-state index contributed by atoms with van der Waals surface area (Å²) in [6, 6.07) is 0. The van der Waals surface area contributed by atoms with Gasteiger partial charge < -0.3 is 0 Å². The summed E-state index contributed by atoms with van der Waals surface area (Å²) in [7, 11) is 0. The molecular formula is C12H24O. The highest BCUT2D eigenvalue weighted by atomic mass is 16.1. The van der Waals surface area contributed by atoms with Crippen LogP contribution in [0.25, 0.3) is 0 Å². The first kappa shape index (κ1) is 12.7. The molecule has 0 saturated carbocycles. The van der Waals surface area contributed by atoms with E-state index in [0.717, 1.165) is 6.42 Å². The Bertz CT molecular complexity index is 149. The molecule has 0 aliphatic rings. The van der Waals surface area contributed by atoms with E-state index in [9.17, 15) is 4.79 Å². The van der Waals surface area contributed by atoms with E-state index in [4.69, 9.17) is 0 Å². The molecule has 0 bridgehead atoms. The molecule has 0 radical (unpaired) electrons. The Morgan fingerprint density at radius 2 is 1.31 bits per heavy atom. The van der Waals surface area contributed by atoms with Crippen molar-refractivity contribution in [1.82, 2.24) is 0 Å². The van der Waals surface area contributed by atoms with Crippen LogP contribution >= 0.6 is 0 Å². The largest absolute Gasteiger partial charge is 0.299 e. The van der Waals surface area contributed by atoms with Gasteiger partial charge in [0.25, 0.3) is 0 Å². The number of rotatable bonds is 5. The van der Waals surface area contributed by atoms with Gasteiger partial charge in [-0.25, -0.2) is 0 Å². The zero-order valence-corrected chi connectivity index (χ0v) is 9.92. The summed E-state index contributed by atoms with van der Waals surface area (Å²) in [6.45, 7) is 12.8. The van der Waals surface area contributed by atoms with Crippen LogP contribution in [-0.4, -0.2) is 5.78 Å². The van der Waals surface area contributed by atoms with Crippen molar-refractivity contribution in [1.29, 1.82) is 0 Å². The monoisotopic (exact) mass is 184 g/mol. The fraction of sp³-hybridized carbons (Fsp3) is 0.917. The lowest BCUT2D eigenvalue weighted by molar-refractivity contribution is -0.123. The number of carbonyl (C=O) groups is 1. The predicted octanol–water partition coefficient (Wildman–Crippen LogP) is 3.53. The van der Waals surface area contributed by atoms with Crippen molar-refractivity contribution in [3.63, 3.8) is 0 Å². The fourth-order valence-corrected chi connectivity index (χ4v) is 1.71. The van der Waals surface area contributed by atoms with Crippen LogP contribution in [0.4, 0.5) is 0 Å². The van der Waals surface area contributed by atoms with Crippen LogP contribution in [0, 0.1) is 23.7 Å². The van der Waals surface area contributed by atoms with Gasteiger partial charge in [0.1, 0.15) is 5.78 Å². The summed E-state index contributed by atoms with van der Waals surface area (Å²) in [4.78, 5) is 11.6. The summed E-state index contributed by atoms with van der Waals surface area (Å²) in [5, 5.41) is 0. The molecule has 0 saturated heterocycles. The SMILES string of the molecule is CC(C)C(=O)CC(C(C)C)C(C)C. The molecule has 0 unspecified atom stereocenters. The van der Waals surface area contributed by atoms with E-state index in [0.29, 0.717) is 23.5 Å². The minimum Gasteiger partial charge on any atom is -0.299 e. The van der Waals surface area contributed by atoms with Crippen molar-refractivity contribution in [2.75, 3.05) is 0 Å². The lowest BCUT2D eigenvalue weighted by Gasteiger charge is -2.24. The van der Waals surface area contributed by atoms with Crippen LogP contribution in [0.5, 0.6) is 0 Å². The third-order valence-electron chi connectivity index (χ3n) is 2.79. The first-order chi connectivity index (χ1) is 5.86. The molecule has 0 heterocycles. The summed E-state index contributed by atoms with van der Waals surface area (Å²) < 4.78 is 0. The number of ketones is 1. The second-order valence-electron chi connectivity index (χ2n) is 4.98. The second-order valence-corrected chi connectivity index (χ2v) is 4.98. The number of hydrogen-bond acceptors (Lipinski definition) is 1. The van der Waals surface area contributed by atoms with Crippen molar-refractivity contribution in [3.05, 3.63) is 0 Å². The van der Waals surface area contributed by atoms with E-state index in [2.05, 4.69) is 27.7 Å². The van der Waals surface area contributed by atoms with E-state index in [1.54, 1.807) is 0 Å². The topological polar surface area (TPSA) is 17.1 Å². The molecule has 1 heteroatoms. The molecule has 0 aliphatic carbocycles. The Balaban J connectivity index is 4.19. The molecule has 0 aromatic rings. The van der Waals surface area contributed by atoms with Gasteiger partial charge in [0.15, 0.2) is 0 Å². The molecular weight excluding hydrogens is 160 g/mol. The first-order valence-electron chi connectivity index (χ1n) is 5.39. The average Bonchev–Trinajstić information content (AvgIpc) is 1.97. The zero-order valence-electron chi connectivity index (χ0n) is 9.92. The van der Waals surface area contributed by atoms with Crippen molar-refractivity contribution >= 4 is 5.78 Å². The lowest BCUT2D eigenvalue weighted by atomic mass is 9.80. The molecule has 0 N–H and O–H groups in total.